The van der Waals surface area contributed by atoms with Crippen LogP contribution in [0.25, 0.3) is 0 Å². The number of piperidine rings is 1. The summed E-state index contributed by atoms with van der Waals surface area (Å²) >= 11 is 0. The quantitative estimate of drug-likeness (QED) is 0.779. The molecular weight excluding hydrogens is 244 g/mol. The van der Waals surface area contributed by atoms with E-state index in [0.29, 0.717) is 12.5 Å². The van der Waals surface area contributed by atoms with E-state index in [9.17, 15) is 9.59 Å². The van der Waals surface area contributed by atoms with Crippen LogP contribution in [-0.2, 0) is 4.79 Å². The maximum atomic E-state index is 12.3. The van der Waals surface area contributed by atoms with E-state index in [1.165, 1.54) is 6.42 Å². The molecule has 1 heterocycles. The third kappa shape index (κ3) is 5.09. The SMILES string of the molecule is CCCC1CCCCN1C(=O)NC(CC)CC(=O)O. The van der Waals surface area contributed by atoms with Crippen LogP contribution in [0.15, 0.2) is 0 Å². The summed E-state index contributed by atoms with van der Waals surface area (Å²) < 4.78 is 0. The molecule has 1 saturated heterocycles. The lowest BCUT2D eigenvalue weighted by atomic mass is 9.98. The fourth-order valence-corrected chi connectivity index (χ4v) is 2.67. The average molecular weight is 270 g/mol. The highest BCUT2D eigenvalue weighted by atomic mass is 16.4. The van der Waals surface area contributed by atoms with Crippen molar-refractivity contribution >= 4 is 12.0 Å². The molecule has 2 amide bonds. The summed E-state index contributed by atoms with van der Waals surface area (Å²) in [5.74, 6) is -0.865. The Hall–Kier alpha value is -1.26. The van der Waals surface area contributed by atoms with Crippen LogP contribution in [0.5, 0.6) is 0 Å². The molecule has 0 spiro atoms. The van der Waals surface area contributed by atoms with Crippen LogP contribution in [-0.4, -0.2) is 40.6 Å². The Balaban J connectivity index is 2.55. The summed E-state index contributed by atoms with van der Waals surface area (Å²) in [4.78, 5) is 24.9. The Bertz CT molecular complexity index is 305. The minimum absolute atomic E-state index is 0.00543. The Morgan fingerprint density at radius 1 is 1.37 bits per heavy atom. The smallest absolute Gasteiger partial charge is 0.317 e. The van der Waals surface area contributed by atoms with Crippen LogP contribution >= 0.6 is 0 Å². The Morgan fingerprint density at radius 2 is 2.11 bits per heavy atom. The van der Waals surface area contributed by atoms with Crippen molar-refractivity contribution in [1.29, 1.82) is 0 Å². The van der Waals surface area contributed by atoms with Crippen molar-refractivity contribution in [1.82, 2.24) is 10.2 Å². The third-order valence-electron chi connectivity index (χ3n) is 3.75. The number of carboxylic acid groups (broad SMARTS) is 1. The first-order chi connectivity index (χ1) is 9.08. The number of nitrogens with zero attached hydrogens (tertiary/aromatic N) is 1. The fourth-order valence-electron chi connectivity index (χ4n) is 2.67. The molecule has 19 heavy (non-hydrogen) atoms. The van der Waals surface area contributed by atoms with E-state index in [0.717, 1.165) is 32.2 Å². The van der Waals surface area contributed by atoms with Gasteiger partial charge in [0.15, 0.2) is 0 Å². The molecule has 2 unspecified atom stereocenters. The summed E-state index contributed by atoms with van der Waals surface area (Å²) in [5, 5.41) is 11.7. The van der Waals surface area contributed by atoms with E-state index < -0.39 is 5.97 Å². The summed E-state index contributed by atoms with van der Waals surface area (Å²) in [5.41, 5.74) is 0. The largest absolute Gasteiger partial charge is 0.481 e. The zero-order valence-electron chi connectivity index (χ0n) is 12.0. The third-order valence-corrected chi connectivity index (χ3v) is 3.75. The Kier molecular flexibility index (Phi) is 6.67. The van der Waals surface area contributed by atoms with Crippen LogP contribution in [0.2, 0.25) is 0 Å². The molecule has 0 radical (unpaired) electrons. The normalized spacial score (nSPS) is 20.9. The van der Waals surface area contributed by atoms with Crippen molar-refractivity contribution in [2.75, 3.05) is 6.54 Å². The highest BCUT2D eigenvalue weighted by Crippen LogP contribution is 2.21. The lowest BCUT2D eigenvalue weighted by molar-refractivity contribution is -0.137. The molecule has 5 heteroatoms. The Morgan fingerprint density at radius 3 is 2.68 bits per heavy atom. The molecule has 2 N–H and O–H groups in total. The predicted molar refractivity (Wildman–Crippen MR) is 74.1 cm³/mol. The number of carbonyl (C=O) groups excluding carboxylic acids is 1. The highest BCUT2D eigenvalue weighted by molar-refractivity contribution is 5.76. The minimum Gasteiger partial charge on any atom is -0.481 e. The molecule has 0 bridgehead atoms. The number of hydrogen-bond acceptors (Lipinski definition) is 2. The number of likely N-dealkylation sites (tertiary alicyclic amines) is 1. The van der Waals surface area contributed by atoms with Gasteiger partial charge in [-0.3, -0.25) is 4.79 Å². The standard InChI is InChI=1S/C14H26N2O3/c1-3-7-12-8-5-6-9-16(12)14(19)15-11(4-2)10-13(17)18/h11-12H,3-10H2,1-2H3,(H,15,19)(H,17,18). The van der Waals surface area contributed by atoms with Crippen molar-refractivity contribution in [3.63, 3.8) is 0 Å². The molecule has 1 aliphatic heterocycles. The number of nitrogens with one attached hydrogen (secondary N) is 1. The monoisotopic (exact) mass is 270 g/mol. The molecule has 1 rings (SSSR count). The molecule has 0 aliphatic carbocycles. The van der Waals surface area contributed by atoms with Crippen LogP contribution in [0.1, 0.15) is 58.8 Å². The number of carboxylic acids is 1. The molecule has 5 nitrogen and oxygen atoms in total. The van der Waals surface area contributed by atoms with Gasteiger partial charge in [-0.2, -0.15) is 0 Å². The number of carbonyl (C=O) groups is 2. The van der Waals surface area contributed by atoms with E-state index >= 15 is 0 Å². The average Bonchev–Trinajstić information content (AvgIpc) is 2.38. The molecular formula is C14H26N2O3. The van der Waals surface area contributed by atoms with Gasteiger partial charge in [0.25, 0.3) is 0 Å². The summed E-state index contributed by atoms with van der Waals surface area (Å²) in [6.07, 6.45) is 6.03. The van der Waals surface area contributed by atoms with Crippen LogP contribution < -0.4 is 5.32 Å². The molecule has 2 atom stereocenters. The zero-order chi connectivity index (χ0) is 14.3. The van der Waals surface area contributed by atoms with E-state index in [-0.39, 0.29) is 18.5 Å². The maximum Gasteiger partial charge on any atom is 0.317 e. The number of rotatable bonds is 6. The van der Waals surface area contributed by atoms with Gasteiger partial charge in [-0.05, 0) is 32.1 Å². The fraction of sp³-hybridized carbons (Fsp3) is 0.857. The van der Waals surface area contributed by atoms with Crippen molar-refractivity contribution in [3.8, 4) is 0 Å². The molecule has 0 saturated carbocycles. The van der Waals surface area contributed by atoms with Crippen molar-refractivity contribution < 1.29 is 14.7 Å². The van der Waals surface area contributed by atoms with Gasteiger partial charge in [0.2, 0.25) is 0 Å². The molecule has 1 aliphatic rings. The summed E-state index contributed by atoms with van der Waals surface area (Å²) in [6, 6.07) is -0.0402. The van der Waals surface area contributed by atoms with Crippen molar-refractivity contribution in [2.45, 2.75) is 70.9 Å². The van der Waals surface area contributed by atoms with Gasteiger partial charge in [-0.15, -0.1) is 0 Å². The maximum absolute atomic E-state index is 12.3. The van der Waals surface area contributed by atoms with E-state index in [1.54, 1.807) is 0 Å². The van der Waals surface area contributed by atoms with Gasteiger partial charge in [-0.1, -0.05) is 20.3 Å². The topological polar surface area (TPSA) is 69.6 Å². The molecule has 0 aromatic heterocycles. The second-order valence-electron chi connectivity index (χ2n) is 5.28. The van der Waals surface area contributed by atoms with Crippen LogP contribution in [0.4, 0.5) is 4.79 Å². The minimum atomic E-state index is -0.865. The van der Waals surface area contributed by atoms with Gasteiger partial charge in [0, 0.05) is 18.6 Å². The van der Waals surface area contributed by atoms with E-state index in [1.807, 2.05) is 11.8 Å². The number of urea groups is 1. The first-order valence-corrected chi connectivity index (χ1v) is 7.37. The zero-order valence-corrected chi connectivity index (χ0v) is 12.0. The number of amides is 2. The molecule has 0 aromatic carbocycles. The molecule has 0 aromatic rings. The lowest BCUT2D eigenvalue weighted by Crippen LogP contribution is -2.51. The first kappa shape index (κ1) is 15.8. The van der Waals surface area contributed by atoms with Gasteiger partial charge in [0.05, 0.1) is 6.42 Å². The molecule has 1 fully saturated rings. The van der Waals surface area contributed by atoms with Crippen molar-refractivity contribution in [3.05, 3.63) is 0 Å². The van der Waals surface area contributed by atoms with Gasteiger partial charge in [-0.25, -0.2) is 4.79 Å². The van der Waals surface area contributed by atoms with E-state index in [2.05, 4.69) is 12.2 Å². The van der Waals surface area contributed by atoms with Crippen LogP contribution in [0, 0.1) is 0 Å². The van der Waals surface area contributed by atoms with Crippen molar-refractivity contribution in [2.24, 2.45) is 0 Å². The highest BCUT2D eigenvalue weighted by Gasteiger charge is 2.27. The first-order valence-electron chi connectivity index (χ1n) is 7.37. The summed E-state index contributed by atoms with van der Waals surface area (Å²) in [7, 11) is 0. The molecule has 110 valence electrons. The summed E-state index contributed by atoms with van der Waals surface area (Å²) in [6.45, 7) is 4.82. The van der Waals surface area contributed by atoms with Gasteiger partial charge >= 0.3 is 12.0 Å². The van der Waals surface area contributed by atoms with Gasteiger partial charge in [0.1, 0.15) is 0 Å². The predicted octanol–water partition coefficient (Wildman–Crippen LogP) is 2.60. The van der Waals surface area contributed by atoms with E-state index in [4.69, 9.17) is 5.11 Å². The number of aliphatic carboxylic acids is 1. The second-order valence-corrected chi connectivity index (χ2v) is 5.28. The Labute approximate surface area is 115 Å². The van der Waals surface area contributed by atoms with Crippen LogP contribution in [0.3, 0.4) is 0 Å². The number of hydrogen-bond donors (Lipinski definition) is 2. The lowest BCUT2D eigenvalue weighted by Gasteiger charge is -2.36. The second kappa shape index (κ2) is 8.02. The van der Waals surface area contributed by atoms with Gasteiger partial charge < -0.3 is 15.3 Å².